The normalized spacial score (nSPS) is 10.5. The third-order valence-corrected chi connectivity index (χ3v) is 3.24. The van der Waals surface area contributed by atoms with Gasteiger partial charge in [0.1, 0.15) is 11.5 Å². The van der Waals surface area contributed by atoms with Crippen molar-refractivity contribution in [1.29, 1.82) is 0 Å². The Hall–Kier alpha value is -2.88. The molecule has 0 spiro atoms. The quantitative estimate of drug-likeness (QED) is 0.584. The third kappa shape index (κ3) is 2.56. The van der Waals surface area contributed by atoms with Crippen LogP contribution in [0.15, 0.2) is 54.7 Å². The fourth-order valence-electron chi connectivity index (χ4n) is 2.22. The number of hydrogen-bond acceptors (Lipinski definition) is 4. The van der Waals surface area contributed by atoms with Crippen molar-refractivity contribution in [3.8, 4) is 11.5 Å². The lowest BCUT2D eigenvalue weighted by atomic mass is 10.1. The summed E-state index contributed by atoms with van der Waals surface area (Å²) in [6.45, 7) is 1.49. The molecule has 0 aliphatic carbocycles. The first-order valence-electron chi connectivity index (χ1n) is 6.57. The lowest BCUT2D eigenvalue weighted by Gasteiger charge is -2.10. The summed E-state index contributed by atoms with van der Waals surface area (Å²) in [5.74, 6) is 1.23. The number of benzene rings is 2. The smallest absolute Gasteiger partial charge is 0.161 e. The first-order valence-corrected chi connectivity index (χ1v) is 6.57. The predicted molar refractivity (Wildman–Crippen MR) is 82.7 cm³/mol. The Morgan fingerprint density at radius 3 is 2.76 bits per heavy atom. The molecule has 0 bridgehead atoms. The number of aromatic nitrogens is 1. The Balaban J connectivity index is 1.99. The summed E-state index contributed by atoms with van der Waals surface area (Å²) in [4.78, 5) is 15.7. The predicted octanol–water partition coefficient (Wildman–Crippen LogP) is 3.81. The van der Waals surface area contributed by atoms with E-state index >= 15 is 0 Å². The number of carbonyl (C=O) groups is 1. The van der Waals surface area contributed by atoms with Crippen molar-refractivity contribution < 1.29 is 9.53 Å². The van der Waals surface area contributed by atoms with E-state index in [0.717, 1.165) is 10.9 Å². The van der Waals surface area contributed by atoms with Crippen molar-refractivity contribution in [3.63, 3.8) is 0 Å². The molecule has 0 atom stereocenters. The fraction of sp³-hybridized carbons (Fsp3) is 0.0588. The van der Waals surface area contributed by atoms with Crippen LogP contribution in [0.25, 0.3) is 10.9 Å². The second-order valence-electron chi connectivity index (χ2n) is 4.73. The van der Waals surface area contributed by atoms with Gasteiger partial charge in [-0.2, -0.15) is 0 Å². The molecule has 0 saturated heterocycles. The zero-order chi connectivity index (χ0) is 14.8. The van der Waals surface area contributed by atoms with Crippen molar-refractivity contribution >= 4 is 22.4 Å². The molecular formula is C17H14N2O2. The van der Waals surface area contributed by atoms with E-state index in [9.17, 15) is 4.79 Å². The topological polar surface area (TPSA) is 65.2 Å². The van der Waals surface area contributed by atoms with Crippen LogP contribution in [0, 0.1) is 0 Å². The summed E-state index contributed by atoms with van der Waals surface area (Å²) in [7, 11) is 0. The van der Waals surface area contributed by atoms with E-state index < -0.39 is 0 Å². The van der Waals surface area contributed by atoms with Gasteiger partial charge >= 0.3 is 0 Å². The number of fused-ring (bicyclic) bond motifs is 1. The lowest BCUT2D eigenvalue weighted by Crippen LogP contribution is -1.99. The van der Waals surface area contributed by atoms with Gasteiger partial charge in [0.15, 0.2) is 5.78 Å². The van der Waals surface area contributed by atoms with Crippen LogP contribution in [-0.2, 0) is 0 Å². The molecule has 2 aromatic carbocycles. The highest BCUT2D eigenvalue weighted by Gasteiger charge is 2.08. The summed E-state index contributed by atoms with van der Waals surface area (Å²) in [6.07, 6.45) is 1.74. The van der Waals surface area contributed by atoms with E-state index in [1.165, 1.54) is 6.92 Å². The average Bonchev–Trinajstić information content (AvgIpc) is 2.47. The average molecular weight is 278 g/mol. The van der Waals surface area contributed by atoms with E-state index in [-0.39, 0.29) is 5.78 Å². The van der Waals surface area contributed by atoms with Crippen LogP contribution in [0.1, 0.15) is 17.3 Å². The maximum Gasteiger partial charge on any atom is 0.161 e. The summed E-state index contributed by atoms with van der Waals surface area (Å²) in [5, 5.41) is 0.925. The molecule has 3 rings (SSSR count). The van der Waals surface area contributed by atoms with Crippen molar-refractivity contribution in [3.05, 3.63) is 60.3 Å². The van der Waals surface area contributed by atoms with E-state index in [4.69, 9.17) is 10.5 Å². The Morgan fingerprint density at radius 1 is 1.14 bits per heavy atom. The van der Waals surface area contributed by atoms with Crippen LogP contribution in [0.5, 0.6) is 11.5 Å². The highest BCUT2D eigenvalue weighted by atomic mass is 16.5. The largest absolute Gasteiger partial charge is 0.457 e. The number of hydrogen-bond donors (Lipinski definition) is 1. The summed E-state index contributed by atoms with van der Waals surface area (Å²) in [6, 6.07) is 14.6. The third-order valence-electron chi connectivity index (χ3n) is 3.24. The molecule has 21 heavy (non-hydrogen) atoms. The molecule has 0 unspecified atom stereocenters. The molecule has 1 heterocycles. The molecule has 0 aliphatic heterocycles. The highest BCUT2D eigenvalue weighted by molar-refractivity contribution is 5.99. The monoisotopic (exact) mass is 278 g/mol. The van der Waals surface area contributed by atoms with Gasteiger partial charge in [-0.1, -0.05) is 6.07 Å². The van der Waals surface area contributed by atoms with Gasteiger partial charge in [0, 0.05) is 28.9 Å². The van der Waals surface area contributed by atoms with Crippen molar-refractivity contribution in [2.24, 2.45) is 0 Å². The maximum atomic E-state index is 11.4. The molecule has 3 aromatic rings. The zero-order valence-corrected chi connectivity index (χ0v) is 11.5. The second kappa shape index (κ2) is 5.25. The number of pyridine rings is 1. The molecule has 4 nitrogen and oxygen atoms in total. The van der Waals surface area contributed by atoms with Gasteiger partial charge in [0.2, 0.25) is 0 Å². The van der Waals surface area contributed by atoms with Crippen molar-refractivity contribution in [1.82, 2.24) is 4.98 Å². The molecular weight excluding hydrogens is 264 g/mol. The zero-order valence-electron chi connectivity index (χ0n) is 11.5. The molecule has 104 valence electrons. The van der Waals surface area contributed by atoms with Crippen LogP contribution < -0.4 is 10.5 Å². The Bertz CT molecular complexity index is 823. The van der Waals surface area contributed by atoms with Crippen LogP contribution >= 0.6 is 0 Å². The Labute approximate surface area is 122 Å². The molecule has 0 fully saturated rings. The molecule has 0 saturated carbocycles. The van der Waals surface area contributed by atoms with E-state index in [2.05, 4.69) is 4.98 Å². The first-order chi connectivity index (χ1) is 10.1. The maximum absolute atomic E-state index is 11.4. The number of anilines is 1. The van der Waals surface area contributed by atoms with Crippen LogP contribution in [0.2, 0.25) is 0 Å². The Morgan fingerprint density at radius 2 is 2.00 bits per heavy atom. The molecule has 4 heteroatoms. The number of carbonyl (C=O) groups excluding carboxylic acids is 1. The number of rotatable bonds is 3. The highest BCUT2D eigenvalue weighted by Crippen LogP contribution is 2.30. The number of nitrogens with zero attached hydrogens (tertiary/aromatic N) is 1. The minimum absolute atomic E-state index is 0.0617. The number of ether oxygens (including phenoxy) is 1. The van der Waals surface area contributed by atoms with Gasteiger partial charge in [-0.25, -0.2) is 0 Å². The summed E-state index contributed by atoms with van der Waals surface area (Å²) in [5.41, 5.74) is 7.66. The molecule has 2 N–H and O–H groups in total. The van der Waals surface area contributed by atoms with Gasteiger partial charge in [-0.05, 0) is 43.3 Å². The number of Topliss-reactive ketones (excluding diaryl/α,β-unsaturated/α-hetero) is 1. The van der Waals surface area contributed by atoms with Gasteiger partial charge in [0.25, 0.3) is 0 Å². The van der Waals surface area contributed by atoms with Crippen LogP contribution in [0.4, 0.5) is 5.69 Å². The van der Waals surface area contributed by atoms with Crippen LogP contribution in [-0.4, -0.2) is 10.8 Å². The van der Waals surface area contributed by atoms with Gasteiger partial charge in [-0.3, -0.25) is 9.78 Å². The number of ketones is 1. The van der Waals surface area contributed by atoms with Gasteiger partial charge in [0.05, 0.1) is 5.52 Å². The first kappa shape index (κ1) is 13.1. The lowest BCUT2D eigenvalue weighted by molar-refractivity contribution is 0.101. The minimum atomic E-state index is -0.0617. The van der Waals surface area contributed by atoms with E-state index in [1.54, 1.807) is 24.4 Å². The molecule has 0 aliphatic rings. The molecule has 0 radical (unpaired) electrons. The summed E-state index contributed by atoms with van der Waals surface area (Å²) >= 11 is 0. The van der Waals surface area contributed by atoms with Crippen molar-refractivity contribution in [2.75, 3.05) is 5.73 Å². The van der Waals surface area contributed by atoms with Gasteiger partial charge in [-0.15, -0.1) is 0 Å². The van der Waals surface area contributed by atoms with Crippen molar-refractivity contribution in [2.45, 2.75) is 6.92 Å². The SMILES string of the molecule is CC(=O)c1ccc(Oc2cccc3ncccc23)cc1N. The minimum Gasteiger partial charge on any atom is -0.457 e. The van der Waals surface area contributed by atoms with E-state index in [1.807, 2.05) is 30.3 Å². The van der Waals surface area contributed by atoms with Gasteiger partial charge < -0.3 is 10.5 Å². The number of nitrogens with two attached hydrogens (primary N) is 1. The number of nitrogen functional groups attached to an aromatic ring is 1. The standard InChI is InChI=1S/C17H14N2O2/c1-11(20)13-8-7-12(10-15(13)18)21-17-6-2-5-16-14(17)4-3-9-19-16/h2-10H,18H2,1H3. The van der Waals surface area contributed by atoms with Crippen LogP contribution in [0.3, 0.4) is 0 Å². The summed E-state index contributed by atoms with van der Waals surface area (Å²) < 4.78 is 5.88. The fourth-order valence-corrected chi connectivity index (χ4v) is 2.22. The van der Waals surface area contributed by atoms with E-state index in [0.29, 0.717) is 22.7 Å². The second-order valence-corrected chi connectivity index (χ2v) is 4.73. The molecule has 1 aromatic heterocycles. The molecule has 0 amide bonds. The Kier molecular flexibility index (Phi) is 3.28.